The highest BCUT2D eigenvalue weighted by atomic mass is 19.1. The Morgan fingerprint density at radius 3 is 2.67 bits per heavy atom. The summed E-state index contributed by atoms with van der Waals surface area (Å²) in [5.41, 5.74) is 2.12. The Labute approximate surface area is 123 Å². The van der Waals surface area contributed by atoms with Crippen LogP contribution in [0.15, 0.2) is 42.5 Å². The average Bonchev–Trinajstić information content (AvgIpc) is 2.53. The lowest BCUT2D eigenvalue weighted by molar-refractivity contribution is 0.169. The normalized spacial score (nSPS) is 14.8. The molecule has 110 valence electrons. The molecule has 2 aromatic carbocycles. The number of hydrogen-bond donors (Lipinski definition) is 1. The van der Waals surface area contributed by atoms with Gasteiger partial charge in [-0.3, -0.25) is 0 Å². The molecular weight excluding hydrogens is 269 g/mol. The number of ether oxygens (including phenoxy) is 2. The monoisotopic (exact) mass is 287 g/mol. The molecule has 0 saturated heterocycles. The van der Waals surface area contributed by atoms with Gasteiger partial charge in [0.2, 0.25) is 0 Å². The minimum atomic E-state index is -0.214. The van der Waals surface area contributed by atoms with E-state index in [0.717, 1.165) is 22.6 Å². The molecule has 1 aliphatic heterocycles. The van der Waals surface area contributed by atoms with E-state index in [1.807, 2.05) is 18.2 Å². The van der Waals surface area contributed by atoms with Crippen LogP contribution in [0.3, 0.4) is 0 Å². The third-order valence-corrected chi connectivity index (χ3v) is 3.62. The fourth-order valence-electron chi connectivity index (χ4n) is 2.41. The van der Waals surface area contributed by atoms with E-state index in [1.54, 1.807) is 12.1 Å². The zero-order valence-corrected chi connectivity index (χ0v) is 11.9. The van der Waals surface area contributed by atoms with Crippen LogP contribution in [-0.2, 0) is 6.54 Å². The van der Waals surface area contributed by atoms with Gasteiger partial charge in [0.25, 0.3) is 0 Å². The van der Waals surface area contributed by atoms with Crippen LogP contribution >= 0.6 is 0 Å². The number of nitrogens with one attached hydrogen (secondary N) is 1. The maximum absolute atomic E-state index is 12.9. The van der Waals surface area contributed by atoms with Crippen molar-refractivity contribution in [2.45, 2.75) is 19.5 Å². The molecule has 0 fully saturated rings. The minimum Gasteiger partial charge on any atom is -0.486 e. The Kier molecular flexibility index (Phi) is 4.06. The second kappa shape index (κ2) is 6.14. The summed E-state index contributed by atoms with van der Waals surface area (Å²) >= 11 is 0. The van der Waals surface area contributed by atoms with Crippen LogP contribution in [0.1, 0.15) is 24.1 Å². The zero-order chi connectivity index (χ0) is 14.7. The first-order chi connectivity index (χ1) is 10.2. The quantitative estimate of drug-likeness (QED) is 0.934. The van der Waals surface area contributed by atoms with E-state index in [-0.39, 0.29) is 11.9 Å². The largest absolute Gasteiger partial charge is 0.486 e. The van der Waals surface area contributed by atoms with Gasteiger partial charge in [0.05, 0.1) is 0 Å². The van der Waals surface area contributed by atoms with Gasteiger partial charge in [0.1, 0.15) is 19.0 Å². The maximum atomic E-state index is 12.9. The highest BCUT2D eigenvalue weighted by molar-refractivity contribution is 5.47. The standard InChI is InChI=1S/C17H18FNO2/c1-12(13-5-7-15(18)8-6-13)19-11-14-3-2-4-16-17(14)21-10-9-20-16/h2-8,12,19H,9-11H2,1H3/t12-/m0/s1. The predicted octanol–water partition coefficient (Wildman–Crippen LogP) is 3.45. The number of rotatable bonds is 4. The van der Waals surface area contributed by atoms with Crippen molar-refractivity contribution >= 4 is 0 Å². The molecule has 0 saturated carbocycles. The highest BCUT2D eigenvalue weighted by Crippen LogP contribution is 2.33. The molecule has 2 aromatic rings. The summed E-state index contributed by atoms with van der Waals surface area (Å²) in [7, 11) is 0. The van der Waals surface area contributed by atoms with Crippen molar-refractivity contribution in [2.24, 2.45) is 0 Å². The molecule has 1 N–H and O–H groups in total. The van der Waals surface area contributed by atoms with E-state index < -0.39 is 0 Å². The molecule has 0 aromatic heterocycles. The molecular formula is C17H18FNO2. The van der Waals surface area contributed by atoms with Crippen LogP contribution in [0.25, 0.3) is 0 Å². The predicted molar refractivity (Wildman–Crippen MR) is 79.1 cm³/mol. The van der Waals surface area contributed by atoms with Gasteiger partial charge in [-0.2, -0.15) is 0 Å². The van der Waals surface area contributed by atoms with Crippen LogP contribution in [0.2, 0.25) is 0 Å². The Morgan fingerprint density at radius 2 is 1.86 bits per heavy atom. The molecule has 0 amide bonds. The summed E-state index contributed by atoms with van der Waals surface area (Å²) in [6.07, 6.45) is 0. The second-order valence-corrected chi connectivity index (χ2v) is 5.10. The second-order valence-electron chi connectivity index (χ2n) is 5.10. The molecule has 3 rings (SSSR count). The molecule has 1 aliphatic rings. The van der Waals surface area contributed by atoms with Gasteiger partial charge in [-0.05, 0) is 30.7 Å². The lowest BCUT2D eigenvalue weighted by Gasteiger charge is -2.22. The Balaban J connectivity index is 1.69. The summed E-state index contributed by atoms with van der Waals surface area (Å²) in [4.78, 5) is 0. The molecule has 0 spiro atoms. The molecule has 4 heteroatoms. The van der Waals surface area contributed by atoms with Crippen LogP contribution < -0.4 is 14.8 Å². The molecule has 1 heterocycles. The van der Waals surface area contributed by atoms with Gasteiger partial charge in [0.15, 0.2) is 11.5 Å². The first-order valence-electron chi connectivity index (χ1n) is 7.10. The Morgan fingerprint density at radius 1 is 1.10 bits per heavy atom. The molecule has 1 atom stereocenters. The topological polar surface area (TPSA) is 30.5 Å². The van der Waals surface area contributed by atoms with Crippen molar-refractivity contribution in [3.8, 4) is 11.5 Å². The van der Waals surface area contributed by atoms with Crippen molar-refractivity contribution < 1.29 is 13.9 Å². The lowest BCUT2D eigenvalue weighted by Crippen LogP contribution is -2.21. The zero-order valence-electron chi connectivity index (χ0n) is 11.9. The van der Waals surface area contributed by atoms with Crippen molar-refractivity contribution in [2.75, 3.05) is 13.2 Å². The number of fused-ring (bicyclic) bond motifs is 1. The van der Waals surface area contributed by atoms with Gasteiger partial charge in [-0.1, -0.05) is 24.3 Å². The molecule has 0 aliphatic carbocycles. The van der Waals surface area contributed by atoms with Gasteiger partial charge < -0.3 is 14.8 Å². The van der Waals surface area contributed by atoms with Gasteiger partial charge in [-0.25, -0.2) is 4.39 Å². The fourth-order valence-corrected chi connectivity index (χ4v) is 2.41. The van der Waals surface area contributed by atoms with E-state index in [2.05, 4.69) is 12.2 Å². The van der Waals surface area contributed by atoms with Crippen LogP contribution in [0.5, 0.6) is 11.5 Å². The molecule has 0 unspecified atom stereocenters. The smallest absolute Gasteiger partial charge is 0.165 e. The summed E-state index contributed by atoms with van der Waals surface area (Å²) in [5.74, 6) is 1.41. The van der Waals surface area contributed by atoms with Crippen LogP contribution in [0.4, 0.5) is 4.39 Å². The SMILES string of the molecule is C[C@H](NCc1cccc2c1OCCO2)c1ccc(F)cc1. The van der Waals surface area contributed by atoms with E-state index in [0.29, 0.717) is 19.8 Å². The first kappa shape index (κ1) is 13.9. The highest BCUT2D eigenvalue weighted by Gasteiger charge is 2.16. The Hall–Kier alpha value is -2.07. The fraction of sp³-hybridized carbons (Fsp3) is 0.294. The molecule has 0 bridgehead atoms. The molecule has 0 radical (unpaired) electrons. The maximum Gasteiger partial charge on any atom is 0.165 e. The third-order valence-electron chi connectivity index (χ3n) is 3.62. The van der Waals surface area contributed by atoms with Gasteiger partial charge in [0, 0.05) is 18.2 Å². The summed E-state index contributed by atoms with van der Waals surface area (Å²) < 4.78 is 24.2. The van der Waals surface area contributed by atoms with E-state index >= 15 is 0 Å². The van der Waals surface area contributed by atoms with Gasteiger partial charge in [-0.15, -0.1) is 0 Å². The summed E-state index contributed by atoms with van der Waals surface area (Å²) in [6.45, 7) is 3.90. The van der Waals surface area contributed by atoms with Gasteiger partial charge >= 0.3 is 0 Å². The first-order valence-corrected chi connectivity index (χ1v) is 7.10. The van der Waals surface area contributed by atoms with Crippen molar-refractivity contribution in [3.63, 3.8) is 0 Å². The summed E-state index contributed by atoms with van der Waals surface area (Å²) in [6, 6.07) is 12.6. The number of para-hydroxylation sites is 1. The lowest BCUT2D eigenvalue weighted by atomic mass is 10.1. The summed E-state index contributed by atoms with van der Waals surface area (Å²) in [5, 5.41) is 3.43. The van der Waals surface area contributed by atoms with E-state index in [9.17, 15) is 4.39 Å². The average molecular weight is 287 g/mol. The van der Waals surface area contributed by atoms with E-state index in [4.69, 9.17) is 9.47 Å². The van der Waals surface area contributed by atoms with E-state index in [1.165, 1.54) is 12.1 Å². The number of hydrogen-bond acceptors (Lipinski definition) is 3. The van der Waals surface area contributed by atoms with Crippen LogP contribution in [-0.4, -0.2) is 13.2 Å². The van der Waals surface area contributed by atoms with Crippen molar-refractivity contribution in [1.29, 1.82) is 0 Å². The number of benzene rings is 2. The molecule has 21 heavy (non-hydrogen) atoms. The molecule has 3 nitrogen and oxygen atoms in total. The van der Waals surface area contributed by atoms with Crippen molar-refractivity contribution in [3.05, 3.63) is 59.4 Å². The van der Waals surface area contributed by atoms with Crippen LogP contribution in [0, 0.1) is 5.82 Å². The Bertz CT molecular complexity index is 613. The third kappa shape index (κ3) is 3.16. The van der Waals surface area contributed by atoms with Crippen molar-refractivity contribution in [1.82, 2.24) is 5.32 Å². The minimum absolute atomic E-state index is 0.131. The number of halogens is 1.